The van der Waals surface area contributed by atoms with Crippen LogP contribution in [0, 0.1) is 0 Å². The van der Waals surface area contributed by atoms with E-state index in [0.29, 0.717) is 11.5 Å². The molecule has 24 heavy (non-hydrogen) atoms. The molecule has 0 aliphatic heterocycles. The predicted octanol–water partition coefficient (Wildman–Crippen LogP) is 2.37. The Bertz CT molecular complexity index is 776. The summed E-state index contributed by atoms with van der Waals surface area (Å²) in [5, 5.41) is 0. The molecule has 0 spiro atoms. The van der Waals surface area contributed by atoms with Gasteiger partial charge in [-0.15, -0.1) is 0 Å². The summed E-state index contributed by atoms with van der Waals surface area (Å²) in [4.78, 5) is 0.141. The van der Waals surface area contributed by atoms with Crippen LogP contribution in [0.5, 0.6) is 11.5 Å². The van der Waals surface area contributed by atoms with Gasteiger partial charge in [-0.05, 0) is 29.8 Å². The molecule has 0 heterocycles. The topological polar surface area (TPSA) is 73.9 Å². The third-order valence-corrected chi connectivity index (χ3v) is 4.98. The highest BCUT2D eigenvalue weighted by Gasteiger charge is 2.19. The third-order valence-electron chi connectivity index (χ3n) is 3.56. The van der Waals surface area contributed by atoms with Crippen LogP contribution in [-0.4, -0.2) is 36.3 Å². The monoisotopic (exact) mass is 351 g/mol. The van der Waals surface area contributed by atoms with Crippen molar-refractivity contribution in [1.82, 2.24) is 4.72 Å². The van der Waals surface area contributed by atoms with Crippen LogP contribution in [0.25, 0.3) is 0 Å². The molecule has 1 atom stereocenters. The first-order valence-electron chi connectivity index (χ1n) is 7.30. The van der Waals surface area contributed by atoms with Crippen molar-refractivity contribution in [2.45, 2.75) is 11.0 Å². The van der Waals surface area contributed by atoms with Crippen molar-refractivity contribution < 1.29 is 22.6 Å². The Morgan fingerprint density at radius 3 is 2.21 bits per heavy atom. The molecule has 2 aromatic carbocycles. The predicted molar refractivity (Wildman–Crippen MR) is 90.9 cm³/mol. The Hall–Kier alpha value is -2.09. The average Bonchev–Trinajstić information content (AvgIpc) is 2.62. The van der Waals surface area contributed by atoms with Gasteiger partial charge in [0, 0.05) is 19.7 Å². The highest BCUT2D eigenvalue weighted by molar-refractivity contribution is 7.89. The Balaban J connectivity index is 2.14. The Morgan fingerprint density at radius 2 is 1.58 bits per heavy atom. The van der Waals surface area contributed by atoms with Crippen molar-refractivity contribution >= 4 is 10.0 Å². The van der Waals surface area contributed by atoms with Gasteiger partial charge in [0.1, 0.15) is 11.5 Å². The molecule has 0 bridgehead atoms. The van der Waals surface area contributed by atoms with E-state index in [1.54, 1.807) is 19.2 Å². The smallest absolute Gasteiger partial charge is 0.240 e. The minimum atomic E-state index is -3.66. The van der Waals surface area contributed by atoms with Gasteiger partial charge in [0.15, 0.2) is 0 Å². The lowest BCUT2D eigenvalue weighted by molar-refractivity contribution is 0.107. The molecule has 0 amide bonds. The highest BCUT2D eigenvalue weighted by atomic mass is 32.2. The van der Waals surface area contributed by atoms with Crippen molar-refractivity contribution in [2.24, 2.45) is 0 Å². The van der Waals surface area contributed by atoms with Gasteiger partial charge in [0.25, 0.3) is 0 Å². The van der Waals surface area contributed by atoms with Gasteiger partial charge in [-0.25, -0.2) is 13.1 Å². The number of hydrogen-bond donors (Lipinski definition) is 1. The summed E-state index contributed by atoms with van der Waals surface area (Å²) in [5.41, 5.74) is 0.824. The fourth-order valence-corrected chi connectivity index (χ4v) is 3.28. The van der Waals surface area contributed by atoms with Crippen LogP contribution in [0.3, 0.4) is 0 Å². The van der Waals surface area contributed by atoms with Crippen LogP contribution in [0.2, 0.25) is 0 Å². The molecule has 2 rings (SSSR count). The summed E-state index contributed by atoms with van der Waals surface area (Å²) in [6.45, 7) is 0.100. The number of benzene rings is 2. The fraction of sp³-hybridized carbons (Fsp3) is 0.294. The molecular formula is C17H21NO5S. The minimum absolute atomic E-state index is 0.100. The number of ether oxygens (including phenoxy) is 3. The van der Waals surface area contributed by atoms with E-state index in [4.69, 9.17) is 14.2 Å². The van der Waals surface area contributed by atoms with Gasteiger partial charge < -0.3 is 14.2 Å². The van der Waals surface area contributed by atoms with Gasteiger partial charge in [-0.3, -0.25) is 0 Å². The summed E-state index contributed by atoms with van der Waals surface area (Å²) in [7, 11) is 0.934. The molecule has 0 aliphatic rings. The van der Waals surface area contributed by atoms with Crippen LogP contribution >= 0.6 is 0 Å². The normalized spacial score (nSPS) is 12.6. The van der Waals surface area contributed by atoms with Crippen LogP contribution in [0.15, 0.2) is 53.4 Å². The molecule has 0 aromatic heterocycles. The second kappa shape index (κ2) is 8.14. The zero-order chi connectivity index (χ0) is 17.6. The van der Waals surface area contributed by atoms with Crippen molar-refractivity contribution in [3.63, 3.8) is 0 Å². The quantitative estimate of drug-likeness (QED) is 0.790. The number of nitrogens with one attached hydrogen (secondary N) is 1. The van der Waals surface area contributed by atoms with E-state index < -0.39 is 16.1 Å². The SMILES string of the molecule is COc1cccc(C(CNS(=O)(=O)c2cccc(OC)c2)OC)c1. The molecule has 0 saturated carbocycles. The number of methoxy groups -OCH3 is 3. The van der Waals surface area contributed by atoms with Crippen LogP contribution in [-0.2, 0) is 14.8 Å². The molecule has 0 saturated heterocycles. The summed E-state index contributed by atoms with van der Waals surface area (Å²) in [6.07, 6.45) is -0.430. The lowest BCUT2D eigenvalue weighted by Crippen LogP contribution is -2.29. The number of sulfonamides is 1. The maximum Gasteiger partial charge on any atom is 0.240 e. The highest BCUT2D eigenvalue weighted by Crippen LogP contribution is 2.22. The van der Waals surface area contributed by atoms with E-state index in [-0.39, 0.29) is 11.4 Å². The lowest BCUT2D eigenvalue weighted by Gasteiger charge is -2.17. The van der Waals surface area contributed by atoms with Gasteiger partial charge >= 0.3 is 0 Å². The summed E-state index contributed by atoms with van der Waals surface area (Å²) >= 11 is 0. The molecular weight excluding hydrogens is 330 g/mol. The van der Waals surface area contributed by atoms with Crippen molar-refractivity contribution in [1.29, 1.82) is 0 Å². The Morgan fingerprint density at radius 1 is 0.958 bits per heavy atom. The molecule has 1 unspecified atom stereocenters. The van der Waals surface area contributed by atoms with Crippen LogP contribution < -0.4 is 14.2 Å². The van der Waals surface area contributed by atoms with E-state index >= 15 is 0 Å². The summed E-state index contributed by atoms with van der Waals surface area (Å²) in [6, 6.07) is 13.6. The molecule has 0 fully saturated rings. The van der Waals surface area contributed by atoms with Gasteiger partial charge in [-0.2, -0.15) is 0 Å². The molecule has 0 radical (unpaired) electrons. The first-order chi connectivity index (χ1) is 11.5. The zero-order valence-electron chi connectivity index (χ0n) is 13.9. The van der Waals surface area contributed by atoms with E-state index in [9.17, 15) is 8.42 Å². The minimum Gasteiger partial charge on any atom is -0.497 e. The first kappa shape index (κ1) is 18.3. The van der Waals surface area contributed by atoms with Crippen molar-refractivity contribution in [2.75, 3.05) is 27.9 Å². The average molecular weight is 351 g/mol. The van der Waals surface area contributed by atoms with E-state index in [1.165, 1.54) is 26.4 Å². The van der Waals surface area contributed by atoms with Gasteiger partial charge in [-0.1, -0.05) is 18.2 Å². The number of hydrogen-bond acceptors (Lipinski definition) is 5. The van der Waals surface area contributed by atoms with Crippen molar-refractivity contribution in [3.05, 3.63) is 54.1 Å². The van der Waals surface area contributed by atoms with Gasteiger partial charge in [0.2, 0.25) is 10.0 Å². The summed E-state index contributed by atoms with van der Waals surface area (Å²) in [5.74, 6) is 1.17. The molecule has 1 N–H and O–H groups in total. The first-order valence-corrected chi connectivity index (χ1v) is 8.79. The molecule has 0 aliphatic carbocycles. The van der Waals surface area contributed by atoms with E-state index in [0.717, 1.165) is 5.56 Å². The second-order valence-electron chi connectivity index (χ2n) is 5.03. The van der Waals surface area contributed by atoms with E-state index in [1.807, 2.05) is 24.3 Å². The lowest BCUT2D eigenvalue weighted by atomic mass is 10.1. The maximum atomic E-state index is 12.4. The zero-order valence-corrected chi connectivity index (χ0v) is 14.7. The molecule has 130 valence electrons. The molecule has 7 heteroatoms. The van der Waals surface area contributed by atoms with Crippen LogP contribution in [0.1, 0.15) is 11.7 Å². The standard InChI is InChI=1S/C17H21NO5S/c1-21-14-7-4-6-13(10-14)17(23-3)12-18-24(19,20)16-9-5-8-15(11-16)22-2/h4-11,17-18H,12H2,1-3H3. The van der Waals surface area contributed by atoms with E-state index in [2.05, 4.69) is 4.72 Å². The second-order valence-corrected chi connectivity index (χ2v) is 6.80. The fourth-order valence-electron chi connectivity index (χ4n) is 2.22. The van der Waals surface area contributed by atoms with Crippen molar-refractivity contribution in [3.8, 4) is 11.5 Å². The largest absolute Gasteiger partial charge is 0.497 e. The summed E-state index contributed by atoms with van der Waals surface area (Å²) < 4.78 is 43.1. The number of rotatable bonds is 8. The molecule has 2 aromatic rings. The Kier molecular flexibility index (Phi) is 6.19. The Labute approximate surface area is 142 Å². The maximum absolute atomic E-state index is 12.4. The third kappa shape index (κ3) is 4.47. The van der Waals surface area contributed by atoms with Gasteiger partial charge in [0.05, 0.1) is 25.2 Å². The molecule has 6 nitrogen and oxygen atoms in total. The van der Waals surface area contributed by atoms with Crippen LogP contribution in [0.4, 0.5) is 0 Å².